The van der Waals surface area contributed by atoms with E-state index < -0.39 is 20.1 Å². The summed E-state index contributed by atoms with van der Waals surface area (Å²) >= 11 is 6.38. The van der Waals surface area contributed by atoms with E-state index in [1.165, 1.54) is 31.8 Å². The number of aryl methyl sites for hydroxylation is 1. The molecule has 1 saturated heterocycles. The Morgan fingerprint density at radius 3 is 2.62 bits per heavy atom. The number of aromatic nitrogens is 2. The van der Waals surface area contributed by atoms with E-state index in [1.54, 1.807) is 7.05 Å². The second-order valence-corrected chi connectivity index (χ2v) is 14.3. The smallest absolute Gasteiger partial charge is 0.229 e. The van der Waals surface area contributed by atoms with Crippen molar-refractivity contribution < 1.29 is 13.2 Å². The normalized spacial score (nSPS) is 19.3. The lowest BCUT2D eigenvalue weighted by Crippen LogP contribution is -2.45. The first-order chi connectivity index (χ1) is 18.8. The van der Waals surface area contributed by atoms with Gasteiger partial charge in [-0.3, -0.25) is 5.41 Å². The van der Waals surface area contributed by atoms with Crippen molar-refractivity contribution in [2.24, 2.45) is 0 Å². The number of piperidine rings is 1. The number of hydrogen-bond donors (Lipinski definition) is 5. The van der Waals surface area contributed by atoms with E-state index in [0.717, 1.165) is 49.2 Å². The van der Waals surface area contributed by atoms with Crippen LogP contribution in [-0.4, -0.2) is 53.9 Å². The Morgan fingerprint density at radius 2 is 2.00 bits per heavy atom. The topological polar surface area (TPSA) is 141 Å². The molecule has 0 amide bonds. The van der Waals surface area contributed by atoms with Crippen LogP contribution in [0.1, 0.15) is 70.4 Å². The summed E-state index contributed by atoms with van der Waals surface area (Å²) in [6.45, 7) is 10.6. The molecular weight excluding hydrogens is 550 g/mol. The monoisotopic (exact) mass is 589 g/mol. The summed E-state index contributed by atoms with van der Waals surface area (Å²) in [5.41, 5.74) is 3.30. The first-order valence-electron chi connectivity index (χ1n) is 13.6. The molecule has 1 unspecified atom stereocenters. The maximum atomic E-state index is 12.6. The molecule has 5 N–H and O–H groups in total. The van der Waals surface area contributed by atoms with Gasteiger partial charge in [0.15, 0.2) is 20.7 Å². The molecule has 0 radical (unpaired) electrons. The van der Waals surface area contributed by atoms with Gasteiger partial charge in [0.1, 0.15) is 10.8 Å². The van der Waals surface area contributed by atoms with E-state index in [1.807, 2.05) is 0 Å². The molecule has 1 aromatic carbocycles. The molecule has 1 aliphatic heterocycles. The summed E-state index contributed by atoms with van der Waals surface area (Å²) in [6, 6.07) is 4.23. The highest BCUT2D eigenvalue weighted by Crippen LogP contribution is 2.41. The van der Waals surface area contributed by atoms with Gasteiger partial charge < -0.3 is 26.0 Å². The molecule has 2 heterocycles. The number of benzene rings is 1. The molecule has 2 fully saturated rings. The van der Waals surface area contributed by atoms with Gasteiger partial charge in [0, 0.05) is 18.8 Å². The van der Waals surface area contributed by atoms with E-state index in [9.17, 15) is 8.42 Å². The summed E-state index contributed by atoms with van der Waals surface area (Å²) in [5, 5.41) is 19.7. The van der Waals surface area contributed by atoms with Gasteiger partial charge in [-0.2, -0.15) is 4.98 Å². The molecule has 1 saturated carbocycles. The van der Waals surface area contributed by atoms with Crippen LogP contribution in [0.3, 0.4) is 0 Å². The number of rotatable bonds is 10. The van der Waals surface area contributed by atoms with Gasteiger partial charge in [-0.1, -0.05) is 11.6 Å². The Balaban J connectivity index is 1.63. The molecule has 2 aromatic rings. The summed E-state index contributed by atoms with van der Waals surface area (Å²) in [6.07, 6.45) is 7.19. The van der Waals surface area contributed by atoms with Crippen LogP contribution in [0.4, 0.5) is 17.5 Å². The minimum Gasteiger partial charge on any atom is -0.488 e. The minimum absolute atomic E-state index is 0.0191. The van der Waals surface area contributed by atoms with Crippen molar-refractivity contribution in [2.45, 2.75) is 83.1 Å². The predicted octanol–water partition coefficient (Wildman–Crippen LogP) is 5.24. The number of hydrogen-bond acceptors (Lipinski definition) is 10. The van der Waals surface area contributed by atoms with Crippen LogP contribution in [-0.2, 0) is 9.84 Å². The zero-order valence-electron chi connectivity index (χ0n) is 24.0. The maximum absolute atomic E-state index is 12.6. The third-order valence-electron chi connectivity index (χ3n) is 7.16. The fourth-order valence-corrected chi connectivity index (χ4v) is 5.83. The highest BCUT2D eigenvalue weighted by Gasteiger charge is 2.31. The number of sulfone groups is 1. The van der Waals surface area contributed by atoms with Gasteiger partial charge in [-0.25, -0.2) is 13.4 Å². The molecule has 0 bridgehead atoms. The average molecular weight is 590 g/mol. The lowest BCUT2D eigenvalue weighted by atomic mass is 9.79. The summed E-state index contributed by atoms with van der Waals surface area (Å²) in [7, 11) is -2.22. The van der Waals surface area contributed by atoms with E-state index in [2.05, 4.69) is 64.1 Å². The van der Waals surface area contributed by atoms with E-state index in [4.69, 9.17) is 21.7 Å². The SMILES string of the molecule is CN/C=C(/Nc1nc(Nc2cc(C)c(C3CCNC(C)(C)C3)cc2OC2CC2)ncc1Cl)C(=N)S(=O)(=O)C(C)C. The lowest BCUT2D eigenvalue weighted by molar-refractivity contribution is 0.273. The predicted molar refractivity (Wildman–Crippen MR) is 162 cm³/mol. The Kier molecular flexibility index (Phi) is 8.96. The van der Waals surface area contributed by atoms with Crippen LogP contribution in [0, 0.1) is 12.3 Å². The number of anilines is 3. The van der Waals surface area contributed by atoms with Crippen LogP contribution >= 0.6 is 11.6 Å². The van der Waals surface area contributed by atoms with Crippen LogP contribution in [0.25, 0.3) is 0 Å². The van der Waals surface area contributed by atoms with Gasteiger partial charge in [0.2, 0.25) is 5.95 Å². The Labute approximate surface area is 242 Å². The van der Waals surface area contributed by atoms with Gasteiger partial charge in [-0.15, -0.1) is 0 Å². The van der Waals surface area contributed by atoms with Crippen molar-refractivity contribution in [3.8, 4) is 5.75 Å². The Hall–Kier alpha value is -2.89. The molecule has 2 aliphatic rings. The number of nitrogens with one attached hydrogen (secondary N) is 5. The second-order valence-electron chi connectivity index (χ2n) is 11.4. The third kappa shape index (κ3) is 7.05. The zero-order valence-corrected chi connectivity index (χ0v) is 25.6. The molecule has 40 heavy (non-hydrogen) atoms. The lowest BCUT2D eigenvalue weighted by Gasteiger charge is -2.37. The minimum atomic E-state index is -3.84. The van der Waals surface area contributed by atoms with Gasteiger partial charge in [-0.05, 0) is 96.0 Å². The Bertz CT molecular complexity index is 1400. The molecule has 12 heteroatoms. The fraction of sp³-hybridized carbons (Fsp3) is 0.536. The van der Waals surface area contributed by atoms with Gasteiger partial charge in [0.25, 0.3) is 0 Å². The Morgan fingerprint density at radius 1 is 1.27 bits per heavy atom. The summed E-state index contributed by atoms with van der Waals surface area (Å²) < 4.78 is 31.6. The average Bonchev–Trinajstić information content (AvgIpc) is 3.70. The standard InChI is InChI=1S/C28H40ClN7O3S/c1-16(2)40(37,38)25(30)23(15-31-6)34-26-21(29)14-32-27(36-26)35-22-11-17(3)20(12-24(22)39-19-7-8-19)18-9-10-33-28(4,5)13-18/h11-12,14-16,18-19,30-31,33H,7-10,13H2,1-6H3,(H2,32,34,35,36)/b23-15+,30-25?. The summed E-state index contributed by atoms with van der Waals surface area (Å²) in [5.74, 6) is 1.61. The zero-order chi connectivity index (χ0) is 29.2. The highest BCUT2D eigenvalue weighted by atomic mass is 35.5. The fourth-order valence-electron chi connectivity index (χ4n) is 4.80. The molecule has 218 valence electrons. The summed E-state index contributed by atoms with van der Waals surface area (Å²) in [4.78, 5) is 8.85. The number of ether oxygens (including phenoxy) is 1. The molecule has 1 atom stereocenters. The molecule has 10 nitrogen and oxygen atoms in total. The van der Waals surface area contributed by atoms with Crippen molar-refractivity contribution in [3.63, 3.8) is 0 Å². The van der Waals surface area contributed by atoms with Crippen LogP contribution in [0.2, 0.25) is 5.02 Å². The van der Waals surface area contributed by atoms with Crippen molar-refractivity contribution in [1.82, 2.24) is 20.6 Å². The number of nitrogens with zero attached hydrogens (tertiary/aromatic N) is 2. The van der Waals surface area contributed by atoms with Gasteiger partial charge in [0.05, 0.1) is 28.9 Å². The quantitative estimate of drug-likeness (QED) is 0.186. The molecule has 4 rings (SSSR count). The molecular formula is C28H40ClN7O3S. The van der Waals surface area contributed by atoms with Crippen LogP contribution < -0.4 is 26.0 Å². The molecule has 1 aliphatic carbocycles. The van der Waals surface area contributed by atoms with E-state index in [-0.39, 0.29) is 34.1 Å². The van der Waals surface area contributed by atoms with Crippen LogP contribution in [0.15, 0.2) is 30.2 Å². The van der Waals surface area contributed by atoms with Crippen LogP contribution in [0.5, 0.6) is 5.75 Å². The van der Waals surface area contributed by atoms with E-state index in [0.29, 0.717) is 5.92 Å². The maximum Gasteiger partial charge on any atom is 0.229 e. The van der Waals surface area contributed by atoms with Gasteiger partial charge >= 0.3 is 0 Å². The molecule has 0 spiro atoms. The second kappa shape index (κ2) is 11.9. The first kappa shape index (κ1) is 30.1. The van der Waals surface area contributed by atoms with E-state index >= 15 is 0 Å². The van der Waals surface area contributed by atoms with Crippen molar-refractivity contribution >= 4 is 43.9 Å². The molecule has 1 aromatic heterocycles. The first-order valence-corrected chi connectivity index (χ1v) is 15.6. The van der Waals surface area contributed by atoms with Crippen molar-refractivity contribution in [3.05, 3.63) is 46.4 Å². The number of halogens is 1. The largest absolute Gasteiger partial charge is 0.488 e. The third-order valence-corrected chi connectivity index (χ3v) is 9.47. The highest BCUT2D eigenvalue weighted by molar-refractivity contribution is 8.07. The van der Waals surface area contributed by atoms with Crippen molar-refractivity contribution in [1.29, 1.82) is 5.41 Å². The van der Waals surface area contributed by atoms with Crippen molar-refractivity contribution in [2.75, 3.05) is 24.2 Å².